The van der Waals surface area contributed by atoms with E-state index in [9.17, 15) is 0 Å². The minimum absolute atomic E-state index is 0.328. The van der Waals surface area contributed by atoms with Crippen LogP contribution in [0.5, 0.6) is 5.75 Å². The monoisotopic (exact) mass is 293 g/mol. The molecule has 20 heavy (non-hydrogen) atoms. The van der Waals surface area contributed by atoms with Crippen LogP contribution in [0.1, 0.15) is 44.6 Å². The Morgan fingerprint density at radius 2 is 2.10 bits per heavy atom. The van der Waals surface area contributed by atoms with Crippen LogP contribution in [0, 0.1) is 12.3 Å². The maximum atomic E-state index is 6.31. The maximum absolute atomic E-state index is 6.31. The van der Waals surface area contributed by atoms with Crippen molar-refractivity contribution in [2.45, 2.75) is 58.1 Å². The lowest BCUT2D eigenvalue weighted by molar-refractivity contribution is -0.0755. The minimum atomic E-state index is 0.328. The Labute approximate surface area is 126 Å². The predicted molar refractivity (Wildman–Crippen MR) is 83.6 cm³/mol. The van der Waals surface area contributed by atoms with Gasteiger partial charge < -0.3 is 10.1 Å². The summed E-state index contributed by atoms with van der Waals surface area (Å²) in [6.45, 7) is 5.29. The van der Waals surface area contributed by atoms with Gasteiger partial charge in [-0.3, -0.25) is 0 Å². The van der Waals surface area contributed by atoms with E-state index >= 15 is 0 Å². The van der Waals surface area contributed by atoms with E-state index in [0.29, 0.717) is 17.6 Å². The first-order valence-electron chi connectivity index (χ1n) is 7.82. The SMILES string of the molecule is CCNC1CC(Oc2ccc(C)cc2Cl)C12CCCC2. The Morgan fingerprint density at radius 1 is 1.35 bits per heavy atom. The summed E-state index contributed by atoms with van der Waals surface area (Å²) in [7, 11) is 0. The zero-order valence-electron chi connectivity index (χ0n) is 12.4. The normalized spacial score (nSPS) is 27.6. The Balaban J connectivity index is 1.74. The molecule has 2 aliphatic rings. The average Bonchev–Trinajstić information content (AvgIpc) is 2.92. The molecule has 1 N–H and O–H groups in total. The van der Waals surface area contributed by atoms with Crippen LogP contribution in [0.2, 0.25) is 5.02 Å². The van der Waals surface area contributed by atoms with Crippen LogP contribution in [0.3, 0.4) is 0 Å². The van der Waals surface area contributed by atoms with Gasteiger partial charge in [-0.05, 0) is 44.0 Å². The van der Waals surface area contributed by atoms with Gasteiger partial charge in [-0.25, -0.2) is 0 Å². The van der Waals surface area contributed by atoms with Crippen LogP contribution in [-0.4, -0.2) is 18.7 Å². The smallest absolute Gasteiger partial charge is 0.138 e. The van der Waals surface area contributed by atoms with Gasteiger partial charge in [0.2, 0.25) is 0 Å². The average molecular weight is 294 g/mol. The summed E-state index contributed by atoms with van der Waals surface area (Å²) in [5.74, 6) is 0.850. The summed E-state index contributed by atoms with van der Waals surface area (Å²) in [6.07, 6.45) is 6.69. The van der Waals surface area contributed by atoms with Crippen LogP contribution < -0.4 is 10.1 Å². The van der Waals surface area contributed by atoms with Crippen molar-refractivity contribution in [2.24, 2.45) is 5.41 Å². The van der Waals surface area contributed by atoms with E-state index in [4.69, 9.17) is 16.3 Å². The highest BCUT2D eigenvalue weighted by Gasteiger charge is 2.57. The molecule has 110 valence electrons. The molecule has 0 heterocycles. The molecule has 1 aromatic carbocycles. The number of hydrogen-bond donors (Lipinski definition) is 1. The van der Waals surface area contributed by atoms with Crippen LogP contribution in [0.25, 0.3) is 0 Å². The molecule has 0 saturated heterocycles. The highest BCUT2D eigenvalue weighted by atomic mass is 35.5. The summed E-state index contributed by atoms with van der Waals surface area (Å²) < 4.78 is 6.28. The molecule has 2 fully saturated rings. The van der Waals surface area contributed by atoms with Crippen molar-refractivity contribution in [3.8, 4) is 5.75 Å². The number of aryl methyl sites for hydroxylation is 1. The van der Waals surface area contributed by atoms with Crippen molar-refractivity contribution >= 4 is 11.6 Å². The first kappa shape index (κ1) is 14.2. The number of rotatable bonds is 4. The molecule has 2 nitrogen and oxygen atoms in total. The molecule has 1 spiro atoms. The molecule has 0 aliphatic heterocycles. The van der Waals surface area contributed by atoms with Crippen molar-refractivity contribution in [2.75, 3.05) is 6.54 Å². The van der Waals surface area contributed by atoms with Gasteiger partial charge in [-0.2, -0.15) is 0 Å². The van der Waals surface area contributed by atoms with Crippen molar-refractivity contribution in [1.29, 1.82) is 0 Å². The van der Waals surface area contributed by atoms with Gasteiger partial charge in [0.05, 0.1) is 5.02 Å². The molecule has 0 amide bonds. The zero-order valence-corrected chi connectivity index (χ0v) is 13.2. The fourth-order valence-electron chi connectivity index (χ4n) is 4.00. The molecule has 2 saturated carbocycles. The van der Waals surface area contributed by atoms with Crippen LogP contribution in [-0.2, 0) is 0 Å². The maximum Gasteiger partial charge on any atom is 0.138 e. The van der Waals surface area contributed by atoms with Gasteiger partial charge in [0.15, 0.2) is 0 Å². The van der Waals surface area contributed by atoms with Crippen LogP contribution >= 0.6 is 11.6 Å². The molecular weight excluding hydrogens is 270 g/mol. The molecule has 0 aromatic heterocycles. The summed E-state index contributed by atoms with van der Waals surface area (Å²) in [5, 5.41) is 4.38. The number of ether oxygens (including phenoxy) is 1. The quantitative estimate of drug-likeness (QED) is 0.892. The standard InChI is InChI=1S/C17H24ClNO/c1-3-19-15-11-16(17(15)8-4-5-9-17)20-14-7-6-12(2)10-13(14)18/h6-7,10,15-16,19H,3-5,8-9,11H2,1-2H3. The zero-order chi connectivity index (χ0) is 14.2. The fraction of sp³-hybridized carbons (Fsp3) is 0.647. The van der Waals surface area contributed by atoms with Gasteiger partial charge in [-0.1, -0.05) is 37.4 Å². The Kier molecular flexibility index (Phi) is 3.96. The third-order valence-corrected chi connectivity index (χ3v) is 5.42. The molecule has 3 rings (SSSR count). The highest BCUT2D eigenvalue weighted by Crippen LogP contribution is 2.55. The fourth-order valence-corrected chi connectivity index (χ4v) is 4.28. The summed E-state index contributed by atoms with van der Waals surface area (Å²) >= 11 is 6.31. The van der Waals surface area contributed by atoms with E-state index in [0.717, 1.165) is 23.7 Å². The topological polar surface area (TPSA) is 21.3 Å². The lowest BCUT2D eigenvalue weighted by Gasteiger charge is -2.54. The number of hydrogen-bond acceptors (Lipinski definition) is 2. The van der Waals surface area contributed by atoms with Crippen molar-refractivity contribution < 1.29 is 4.74 Å². The Hall–Kier alpha value is -0.730. The number of nitrogens with one attached hydrogen (secondary N) is 1. The van der Waals surface area contributed by atoms with Gasteiger partial charge in [0.25, 0.3) is 0 Å². The molecule has 2 unspecified atom stereocenters. The summed E-state index contributed by atoms with van der Waals surface area (Å²) in [6, 6.07) is 6.70. The molecule has 0 bridgehead atoms. The molecular formula is C17H24ClNO. The predicted octanol–water partition coefficient (Wildman–Crippen LogP) is 4.34. The Bertz CT molecular complexity index is 482. The third-order valence-electron chi connectivity index (χ3n) is 5.13. The summed E-state index contributed by atoms with van der Waals surface area (Å²) in [5.41, 5.74) is 1.53. The molecule has 3 heteroatoms. The first-order valence-corrected chi connectivity index (χ1v) is 8.20. The molecule has 1 aromatic rings. The molecule has 0 radical (unpaired) electrons. The van der Waals surface area contributed by atoms with E-state index in [1.165, 1.54) is 31.2 Å². The third kappa shape index (κ3) is 2.33. The number of halogens is 1. The van der Waals surface area contributed by atoms with Crippen molar-refractivity contribution in [3.63, 3.8) is 0 Å². The van der Waals surface area contributed by atoms with E-state index < -0.39 is 0 Å². The molecule has 2 atom stereocenters. The van der Waals surface area contributed by atoms with E-state index in [1.54, 1.807) is 0 Å². The van der Waals surface area contributed by atoms with Gasteiger partial charge >= 0.3 is 0 Å². The van der Waals surface area contributed by atoms with E-state index in [-0.39, 0.29) is 0 Å². The lowest BCUT2D eigenvalue weighted by atomic mass is 9.60. The number of benzene rings is 1. The largest absolute Gasteiger partial charge is 0.488 e. The Morgan fingerprint density at radius 3 is 2.75 bits per heavy atom. The van der Waals surface area contributed by atoms with Gasteiger partial charge in [0.1, 0.15) is 11.9 Å². The second kappa shape index (κ2) is 5.57. The molecule has 2 aliphatic carbocycles. The van der Waals surface area contributed by atoms with Crippen molar-refractivity contribution in [1.82, 2.24) is 5.32 Å². The van der Waals surface area contributed by atoms with E-state index in [2.05, 4.69) is 25.2 Å². The highest BCUT2D eigenvalue weighted by molar-refractivity contribution is 6.32. The minimum Gasteiger partial charge on any atom is -0.488 e. The van der Waals surface area contributed by atoms with Gasteiger partial charge in [0, 0.05) is 17.9 Å². The van der Waals surface area contributed by atoms with Crippen LogP contribution in [0.4, 0.5) is 0 Å². The summed E-state index contributed by atoms with van der Waals surface area (Å²) in [4.78, 5) is 0. The first-order chi connectivity index (χ1) is 9.65. The van der Waals surface area contributed by atoms with Crippen LogP contribution in [0.15, 0.2) is 18.2 Å². The second-order valence-electron chi connectivity index (χ2n) is 6.33. The van der Waals surface area contributed by atoms with Crippen molar-refractivity contribution in [3.05, 3.63) is 28.8 Å². The van der Waals surface area contributed by atoms with Gasteiger partial charge in [-0.15, -0.1) is 0 Å². The second-order valence-corrected chi connectivity index (χ2v) is 6.73. The van der Waals surface area contributed by atoms with E-state index in [1.807, 2.05) is 12.1 Å². The lowest BCUT2D eigenvalue weighted by Crippen LogP contribution is -2.63.